The predicted molar refractivity (Wildman–Crippen MR) is 125 cm³/mol. The molecule has 0 spiro atoms. The first-order valence-corrected chi connectivity index (χ1v) is 11.8. The average molecular weight is 444 g/mol. The van der Waals surface area contributed by atoms with Crippen LogP contribution in [0.2, 0.25) is 0 Å². The molecule has 6 heteroatoms. The van der Waals surface area contributed by atoms with E-state index in [1.54, 1.807) is 13.8 Å². The highest BCUT2D eigenvalue weighted by atomic mass is 32.1. The molecule has 2 atom stereocenters. The number of thiophene rings is 1. The number of fused-ring (bicyclic) bond motifs is 1. The SMILES string of the molecule is CCOC(=O)c1c(NC(=O)C(C)Oc2ccc(C(C)(C)C)cc2)sc2c1CCC(C)C2. The van der Waals surface area contributed by atoms with Crippen LogP contribution in [0, 0.1) is 5.92 Å². The zero-order valence-electron chi connectivity index (χ0n) is 19.3. The fourth-order valence-corrected chi connectivity index (χ4v) is 5.16. The van der Waals surface area contributed by atoms with E-state index < -0.39 is 6.10 Å². The van der Waals surface area contributed by atoms with Gasteiger partial charge in [0.25, 0.3) is 5.91 Å². The largest absolute Gasteiger partial charge is 0.481 e. The van der Waals surface area contributed by atoms with Gasteiger partial charge >= 0.3 is 5.97 Å². The van der Waals surface area contributed by atoms with Gasteiger partial charge in [0.05, 0.1) is 12.2 Å². The molecule has 168 valence electrons. The molecule has 1 aromatic heterocycles. The molecule has 31 heavy (non-hydrogen) atoms. The third-order valence-corrected chi connectivity index (χ3v) is 6.80. The summed E-state index contributed by atoms with van der Waals surface area (Å²) in [4.78, 5) is 26.7. The van der Waals surface area contributed by atoms with Gasteiger partial charge in [-0.1, -0.05) is 39.8 Å². The third-order valence-electron chi connectivity index (χ3n) is 5.63. The summed E-state index contributed by atoms with van der Waals surface area (Å²) >= 11 is 1.49. The molecule has 1 N–H and O–H groups in total. The fraction of sp³-hybridized carbons (Fsp3) is 0.520. The van der Waals surface area contributed by atoms with Crippen LogP contribution in [0.4, 0.5) is 5.00 Å². The highest BCUT2D eigenvalue weighted by Gasteiger charge is 2.30. The van der Waals surface area contributed by atoms with Crippen molar-refractivity contribution in [3.63, 3.8) is 0 Å². The third kappa shape index (κ3) is 5.48. The topological polar surface area (TPSA) is 64.6 Å². The average Bonchev–Trinajstić information content (AvgIpc) is 3.04. The Hall–Kier alpha value is -2.34. The van der Waals surface area contributed by atoms with Crippen LogP contribution in [0.1, 0.15) is 74.3 Å². The second-order valence-electron chi connectivity index (χ2n) is 9.30. The van der Waals surface area contributed by atoms with Crippen molar-refractivity contribution in [2.45, 2.75) is 72.3 Å². The summed E-state index contributed by atoms with van der Waals surface area (Å²) in [5.41, 5.74) is 2.81. The molecule has 0 aliphatic heterocycles. The van der Waals surface area contributed by atoms with E-state index in [4.69, 9.17) is 9.47 Å². The Bertz CT molecular complexity index is 940. The number of hydrogen-bond acceptors (Lipinski definition) is 5. The second kappa shape index (κ2) is 9.43. The molecule has 3 rings (SSSR count). The van der Waals surface area contributed by atoms with Gasteiger partial charge in [0, 0.05) is 4.88 Å². The Morgan fingerprint density at radius 2 is 1.90 bits per heavy atom. The van der Waals surface area contributed by atoms with Gasteiger partial charge in [-0.3, -0.25) is 4.79 Å². The molecule has 0 radical (unpaired) electrons. The molecule has 1 heterocycles. The second-order valence-corrected chi connectivity index (χ2v) is 10.4. The van der Waals surface area contributed by atoms with Crippen molar-refractivity contribution in [2.75, 3.05) is 11.9 Å². The fourth-order valence-electron chi connectivity index (χ4n) is 3.76. The van der Waals surface area contributed by atoms with Gasteiger partial charge in [-0.05, 0) is 67.7 Å². The number of amides is 1. The van der Waals surface area contributed by atoms with Crippen LogP contribution in [-0.4, -0.2) is 24.6 Å². The number of carbonyl (C=O) groups excluding carboxylic acids is 2. The van der Waals surface area contributed by atoms with Crippen LogP contribution in [0.25, 0.3) is 0 Å². The van der Waals surface area contributed by atoms with Gasteiger partial charge in [0.1, 0.15) is 10.8 Å². The number of nitrogens with one attached hydrogen (secondary N) is 1. The van der Waals surface area contributed by atoms with Gasteiger partial charge in [-0.15, -0.1) is 11.3 Å². The summed E-state index contributed by atoms with van der Waals surface area (Å²) in [6.07, 6.45) is 2.10. The zero-order chi connectivity index (χ0) is 22.8. The van der Waals surface area contributed by atoms with Crippen LogP contribution in [0.3, 0.4) is 0 Å². The lowest BCUT2D eigenvalue weighted by molar-refractivity contribution is -0.122. The van der Waals surface area contributed by atoms with E-state index in [1.165, 1.54) is 21.8 Å². The Kier molecular flexibility index (Phi) is 7.10. The first kappa shape index (κ1) is 23.3. The molecule has 1 aliphatic rings. The van der Waals surface area contributed by atoms with Gasteiger partial charge in [0.15, 0.2) is 6.10 Å². The Labute approximate surface area is 189 Å². The number of anilines is 1. The van der Waals surface area contributed by atoms with Crippen molar-refractivity contribution in [2.24, 2.45) is 5.92 Å². The molecule has 1 amide bonds. The molecule has 0 fully saturated rings. The van der Waals surface area contributed by atoms with Crippen molar-refractivity contribution >= 4 is 28.2 Å². The molecule has 0 bridgehead atoms. The summed E-state index contributed by atoms with van der Waals surface area (Å²) in [6, 6.07) is 7.82. The molecule has 5 nitrogen and oxygen atoms in total. The van der Waals surface area contributed by atoms with Crippen molar-refractivity contribution in [3.8, 4) is 5.75 Å². The van der Waals surface area contributed by atoms with Gasteiger partial charge < -0.3 is 14.8 Å². The van der Waals surface area contributed by atoms with Crippen molar-refractivity contribution < 1.29 is 19.1 Å². The number of carbonyl (C=O) groups is 2. The van der Waals surface area contributed by atoms with E-state index in [0.717, 1.165) is 24.8 Å². The van der Waals surface area contributed by atoms with E-state index >= 15 is 0 Å². The maximum Gasteiger partial charge on any atom is 0.341 e. The number of rotatable bonds is 6. The monoisotopic (exact) mass is 443 g/mol. The highest BCUT2D eigenvalue weighted by Crippen LogP contribution is 2.40. The zero-order valence-corrected chi connectivity index (χ0v) is 20.2. The minimum atomic E-state index is -0.700. The molecule has 1 aromatic carbocycles. The van der Waals surface area contributed by atoms with Crippen molar-refractivity contribution in [1.82, 2.24) is 0 Å². The van der Waals surface area contributed by atoms with E-state index in [-0.39, 0.29) is 17.3 Å². The molecule has 2 aromatic rings. The summed E-state index contributed by atoms with van der Waals surface area (Å²) in [5.74, 6) is 0.567. The molecular formula is C25H33NO4S. The molecule has 0 saturated carbocycles. The van der Waals surface area contributed by atoms with Crippen molar-refractivity contribution in [3.05, 3.63) is 45.8 Å². The van der Waals surface area contributed by atoms with Crippen LogP contribution in [0.5, 0.6) is 5.75 Å². The first-order chi connectivity index (χ1) is 14.6. The number of ether oxygens (including phenoxy) is 2. The summed E-state index contributed by atoms with van der Waals surface area (Å²) < 4.78 is 11.1. The van der Waals surface area contributed by atoms with E-state index in [2.05, 4.69) is 33.0 Å². The Balaban J connectivity index is 1.75. The Morgan fingerprint density at radius 3 is 2.52 bits per heavy atom. The molecule has 1 aliphatic carbocycles. The quantitative estimate of drug-likeness (QED) is 0.577. The van der Waals surface area contributed by atoms with Gasteiger partial charge in [-0.25, -0.2) is 4.79 Å². The Morgan fingerprint density at radius 1 is 1.23 bits per heavy atom. The van der Waals surface area contributed by atoms with Gasteiger partial charge in [0.2, 0.25) is 0 Å². The van der Waals surface area contributed by atoms with E-state index in [9.17, 15) is 9.59 Å². The lowest BCUT2D eigenvalue weighted by atomic mass is 9.87. The van der Waals surface area contributed by atoms with Crippen LogP contribution < -0.4 is 10.1 Å². The highest BCUT2D eigenvalue weighted by molar-refractivity contribution is 7.17. The lowest BCUT2D eigenvalue weighted by Gasteiger charge is -2.20. The summed E-state index contributed by atoms with van der Waals surface area (Å²) in [7, 11) is 0. The number of benzene rings is 1. The summed E-state index contributed by atoms with van der Waals surface area (Å²) in [5, 5.41) is 3.50. The van der Waals surface area contributed by atoms with E-state index in [0.29, 0.717) is 28.8 Å². The molecule has 2 unspecified atom stereocenters. The van der Waals surface area contributed by atoms with Crippen LogP contribution >= 0.6 is 11.3 Å². The van der Waals surface area contributed by atoms with Crippen molar-refractivity contribution in [1.29, 1.82) is 0 Å². The van der Waals surface area contributed by atoms with Gasteiger partial charge in [-0.2, -0.15) is 0 Å². The number of esters is 1. The molecular weight excluding hydrogens is 410 g/mol. The predicted octanol–water partition coefficient (Wildman–Crippen LogP) is 5.75. The van der Waals surface area contributed by atoms with E-state index in [1.807, 2.05) is 24.3 Å². The lowest BCUT2D eigenvalue weighted by Crippen LogP contribution is -2.30. The number of hydrogen-bond donors (Lipinski definition) is 1. The summed E-state index contributed by atoms with van der Waals surface area (Å²) in [6.45, 7) is 12.5. The maximum atomic E-state index is 12.9. The maximum absolute atomic E-state index is 12.9. The van der Waals surface area contributed by atoms with Crippen LogP contribution in [-0.2, 0) is 27.8 Å². The molecule has 0 saturated heterocycles. The standard InChI is InChI=1S/C25H33NO4S/c1-7-29-24(28)21-19-13-8-15(2)14-20(19)31-23(21)26-22(27)16(3)30-18-11-9-17(10-12-18)25(4,5)6/h9-12,15-16H,7-8,13-14H2,1-6H3,(H,26,27). The normalized spacial score (nSPS) is 16.9. The minimum absolute atomic E-state index is 0.0563. The minimum Gasteiger partial charge on any atom is -0.481 e. The smallest absolute Gasteiger partial charge is 0.341 e. The first-order valence-electron chi connectivity index (χ1n) is 11.0. The van der Waals surface area contributed by atoms with Crippen LogP contribution in [0.15, 0.2) is 24.3 Å².